The van der Waals surface area contributed by atoms with E-state index in [0.717, 1.165) is 19.2 Å². The molecule has 0 spiro atoms. The maximum Gasteiger partial charge on any atom is 0.383 e. The zero-order valence-electron chi connectivity index (χ0n) is 10.2. The lowest BCUT2D eigenvalue weighted by atomic mass is 10.2. The summed E-state index contributed by atoms with van der Waals surface area (Å²) in [6.45, 7) is 0. The van der Waals surface area contributed by atoms with Crippen molar-refractivity contribution in [3.63, 3.8) is 0 Å². The minimum Gasteiger partial charge on any atom is -0.495 e. The average Bonchev–Trinajstić information content (AvgIpc) is 2.37. The van der Waals surface area contributed by atoms with Crippen molar-refractivity contribution >= 4 is 31.3 Å². The molecule has 1 N–H and O–H groups in total. The highest BCUT2D eigenvalue weighted by atomic mass is 35.7. The Bertz CT molecular complexity index is 650. The van der Waals surface area contributed by atoms with Crippen molar-refractivity contribution in [2.24, 2.45) is 0 Å². The number of hydrogen-bond acceptors (Lipinski definition) is 4. The first kappa shape index (κ1) is 17.5. The molecule has 0 radical (unpaired) electrons. The predicted molar refractivity (Wildman–Crippen MR) is 65.6 cm³/mol. The molecule has 0 aliphatic heterocycles. The first-order valence-corrected chi connectivity index (χ1v) is 7.41. The number of amides is 1. The Morgan fingerprint density at radius 3 is 2.38 bits per heavy atom. The van der Waals surface area contributed by atoms with E-state index in [2.05, 4.69) is 0 Å². The van der Waals surface area contributed by atoms with E-state index in [9.17, 15) is 30.8 Å². The first-order valence-electron chi connectivity index (χ1n) is 5.10. The van der Waals surface area contributed by atoms with E-state index in [1.165, 1.54) is 5.32 Å². The second-order valence-corrected chi connectivity index (χ2v) is 6.24. The van der Waals surface area contributed by atoms with Crippen LogP contribution >= 0.6 is 10.7 Å². The Hall–Kier alpha value is -1.55. The highest BCUT2D eigenvalue weighted by Gasteiger charge is 2.49. The Morgan fingerprint density at radius 1 is 1.38 bits per heavy atom. The van der Waals surface area contributed by atoms with Gasteiger partial charge in [0.2, 0.25) is 0 Å². The van der Waals surface area contributed by atoms with E-state index < -0.39 is 37.9 Å². The molecule has 0 saturated carbocycles. The van der Waals surface area contributed by atoms with Crippen molar-refractivity contribution in [2.45, 2.75) is 17.2 Å². The summed E-state index contributed by atoms with van der Waals surface area (Å²) in [6.07, 6.45) is -4.22. The van der Waals surface area contributed by atoms with Crippen LogP contribution in [0.15, 0.2) is 23.1 Å². The van der Waals surface area contributed by atoms with Crippen molar-refractivity contribution in [1.29, 1.82) is 0 Å². The number of rotatable bonds is 5. The average molecular weight is 350 g/mol. The fraction of sp³-hybridized carbons (Fsp3) is 0.300. The van der Waals surface area contributed by atoms with Gasteiger partial charge in [-0.3, -0.25) is 4.79 Å². The monoisotopic (exact) mass is 349 g/mol. The van der Waals surface area contributed by atoms with E-state index in [1.54, 1.807) is 0 Å². The molecule has 118 valence electrons. The van der Waals surface area contributed by atoms with E-state index in [0.29, 0.717) is 6.07 Å². The second kappa shape index (κ2) is 6.06. The van der Waals surface area contributed by atoms with E-state index in [-0.39, 0.29) is 5.75 Å². The van der Waals surface area contributed by atoms with Crippen LogP contribution in [0.4, 0.5) is 23.2 Å². The Kier molecular flexibility index (Phi) is 5.05. The lowest BCUT2D eigenvalue weighted by Crippen LogP contribution is -2.41. The van der Waals surface area contributed by atoms with Crippen LogP contribution in [-0.2, 0) is 13.8 Å². The predicted octanol–water partition coefficient (Wildman–Crippen LogP) is 2.46. The Morgan fingerprint density at radius 2 is 1.95 bits per heavy atom. The van der Waals surface area contributed by atoms with Crippen LogP contribution in [0.2, 0.25) is 0 Å². The smallest absolute Gasteiger partial charge is 0.383 e. The number of hydrogen-bond donors (Lipinski definition) is 1. The molecule has 1 aromatic rings. The topological polar surface area (TPSA) is 72.5 Å². The van der Waals surface area contributed by atoms with Gasteiger partial charge in [0.15, 0.2) is 0 Å². The number of nitrogens with one attached hydrogen (secondary N) is 1. The molecule has 0 aliphatic carbocycles. The summed E-state index contributed by atoms with van der Waals surface area (Å²) in [6, 6.07) is 2.72. The van der Waals surface area contributed by atoms with Gasteiger partial charge in [-0.1, -0.05) is 0 Å². The normalized spacial score (nSPS) is 12.3. The zero-order chi connectivity index (χ0) is 16.4. The summed E-state index contributed by atoms with van der Waals surface area (Å²) in [5, 5.41) is 1.48. The molecule has 1 rings (SSSR count). The third kappa shape index (κ3) is 3.97. The van der Waals surface area contributed by atoms with Crippen LogP contribution in [0.3, 0.4) is 0 Å². The maximum absolute atomic E-state index is 12.8. The molecule has 1 aromatic carbocycles. The molecule has 11 heteroatoms. The quantitative estimate of drug-likeness (QED) is 0.654. The second-order valence-electron chi connectivity index (χ2n) is 3.68. The number of alkyl halides is 4. The summed E-state index contributed by atoms with van der Waals surface area (Å²) >= 11 is 0. The van der Waals surface area contributed by atoms with E-state index in [4.69, 9.17) is 15.4 Å². The van der Waals surface area contributed by atoms with Gasteiger partial charge in [-0.2, -0.15) is 8.78 Å². The van der Waals surface area contributed by atoms with Gasteiger partial charge < -0.3 is 10.1 Å². The molecule has 1 amide bonds. The molecule has 0 saturated heterocycles. The number of anilines is 1. The standard InChI is InChI=1S/C10H8ClF4NO4S/c1-20-7-3-2-5(21(11,18)19)4-6(7)16-9(17)10(14,15)8(12)13/h2-4,8H,1H3,(H,16,17). The SMILES string of the molecule is COc1ccc(S(=O)(=O)Cl)cc1NC(=O)C(F)(F)C(F)F. The summed E-state index contributed by atoms with van der Waals surface area (Å²) in [4.78, 5) is 10.6. The number of methoxy groups -OCH3 is 1. The van der Waals surface area contributed by atoms with Crippen molar-refractivity contribution in [1.82, 2.24) is 0 Å². The summed E-state index contributed by atoms with van der Waals surface area (Å²) in [5.41, 5.74) is -0.537. The summed E-state index contributed by atoms with van der Waals surface area (Å²) < 4.78 is 76.8. The van der Waals surface area contributed by atoms with Crippen molar-refractivity contribution < 1.29 is 35.5 Å². The summed E-state index contributed by atoms with van der Waals surface area (Å²) in [7, 11) is 1.95. The van der Waals surface area contributed by atoms with Crippen molar-refractivity contribution in [3.8, 4) is 5.75 Å². The molecule has 5 nitrogen and oxygen atoms in total. The number of benzene rings is 1. The molecule has 0 bridgehead atoms. The van der Waals surface area contributed by atoms with Gasteiger partial charge >= 0.3 is 18.3 Å². The lowest BCUT2D eigenvalue weighted by molar-refractivity contribution is -0.163. The van der Waals surface area contributed by atoms with Gasteiger partial charge in [0.25, 0.3) is 9.05 Å². The number of ether oxygens (including phenoxy) is 1. The molecule has 21 heavy (non-hydrogen) atoms. The van der Waals surface area contributed by atoms with Crippen molar-refractivity contribution in [2.75, 3.05) is 12.4 Å². The van der Waals surface area contributed by atoms with E-state index >= 15 is 0 Å². The largest absolute Gasteiger partial charge is 0.495 e. The van der Waals surface area contributed by atoms with Gasteiger partial charge in [-0.05, 0) is 18.2 Å². The molecular weight excluding hydrogens is 342 g/mol. The molecule has 0 heterocycles. The van der Waals surface area contributed by atoms with Crippen LogP contribution in [0.25, 0.3) is 0 Å². The van der Waals surface area contributed by atoms with Gasteiger partial charge in [0.05, 0.1) is 17.7 Å². The van der Waals surface area contributed by atoms with Gasteiger partial charge in [0, 0.05) is 10.7 Å². The summed E-state index contributed by atoms with van der Waals surface area (Å²) in [5.74, 6) is -7.46. The zero-order valence-corrected chi connectivity index (χ0v) is 11.8. The minimum absolute atomic E-state index is 0.211. The van der Waals surface area contributed by atoms with Crippen LogP contribution in [0, 0.1) is 0 Å². The van der Waals surface area contributed by atoms with Crippen LogP contribution in [0.1, 0.15) is 0 Å². The molecular formula is C10H8ClF4NO4S. The Labute approximate surface area is 121 Å². The minimum atomic E-state index is -4.94. The van der Waals surface area contributed by atoms with Crippen LogP contribution in [-0.4, -0.2) is 33.8 Å². The third-order valence-corrected chi connectivity index (χ3v) is 3.63. The van der Waals surface area contributed by atoms with Gasteiger partial charge in [-0.15, -0.1) is 0 Å². The van der Waals surface area contributed by atoms with Crippen LogP contribution < -0.4 is 10.1 Å². The van der Waals surface area contributed by atoms with Crippen LogP contribution in [0.5, 0.6) is 5.75 Å². The first-order chi connectivity index (χ1) is 9.50. The number of halogens is 5. The lowest BCUT2D eigenvalue weighted by Gasteiger charge is -2.16. The maximum atomic E-state index is 12.8. The molecule has 0 aliphatic rings. The molecule has 0 atom stereocenters. The van der Waals surface area contributed by atoms with E-state index in [1.807, 2.05) is 0 Å². The fourth-order valence-corrected chi connectivity index (χ4v) is 2.02. The van der Waals surface area contributed by atoms with Gasteiger partial charge in [-0.25, -0.2) is 17.2 Å². The van der Waals surface area contributed by atoms with Gasteiger partial charge in [0.1, 0.15) is 5.75 Å². The Balaban J connectivity index is 3.21. The number of carbonyl (C=O) groups is 1. The molecule has 0 fully saturated rings. The molecule has 0 aromatic heterocycles. The third-order valence-electron chi connectivity index (χ3n) is 2.28. The highest BCUT2D eigenvalue weighted by molar-refractivity contribution is 8.13. The fourth-order valence-electron chi connectivity index (χ4n) is 1.24. The number of carbonyl (C=O) groups excluding carboxylic acids is 1. The highest BCUT2D eigenvalue weighted by Crippen LogP contribution is 2.31. The molecule has 0 unspecified atom stereocenters. The van der Waals surface area contributed by atoms with Crippen molar-refractivity contribution in [3.05, 3.63) is 18.2 Å².